The number of hydrogen-bond acceptors (Lipinski definition) is 2. The van der Waals surface area contributed by atoms with Gasteiger partial charge >= 0.3 is 0 Å². The van der Waals surface area contributed by atoms with Gasteiger partial charge in [-0.2, -0.15) is 22.7 Å². The predicted octanol–water partition coefficient (Wildman–Crippen LogP) is 12.6. The Morgan fingerprint density at radius 3 is 1.70 bits per heavy atom. The molecule has 0 saturated carbocycles. The fraction of sp³-hybridized carbons (Fsp3) is 0. The third-order valence-corrected chi connectivity index (χ3v) is 12.9. The molecule has 0 bridgehead atoms. The lowest BCUT2D eigenvalue weighted by molar-refractivity contribution is 1.37. The Bertz CT molecular complexity index is 2950. The first-order chi connectivity index (χ1) is 26.7. The molecule has 0 aliphatic carbocycles. The van der Waals surface area contributed by atoms with Gasteiger partial charge in [-0.05, 0) is 67.9 Å². The van der Waals surface area contributed by atoms with Gasteiger partial charge in [0.15, 0.2) is 0 Å². The predicted molar refractivity (Wildman–Crippen MR) is 238 cm³/mol. The highest BCUT2D eigenvalue weighted by atomic mass is 32.2. The lowest BCUT2D eigenvalue weighted by Crippen LogP contribution is -2.04. The first-order valence-electron chi connectivity index (χ1n) is 18.1. The molecule has 10 rings (SSSR count). The lowest BCUT2D eigenvalue weighted by Gasteiger charge is -2.19. The Labute approximate surface area is 322 Å². The highest BCUT2D eigenvalue weighted by Gasteiger charge is 2.16. The van der Waals surface area contributed by atoms with E-state index in [1.54, 1.807) is 0 Å². The van der Waals surface area contributed by atoms with Gasteiger partial charge in [-0.1, -0.05) is 170 Å². The van der Waals surface area contributed by atoms with Crippen LogP contribution in [-0.4, -0.2) is 19.0 Å². The van der Waals surface area contributed by atoms with Crippen LogP contribution in [0.25, 0.3) is 71.0 Å². The maximum Gasteiger partial charge on any atom is 0.0972 e. The van der Waals surface area contributed by atoms with E-state index in [1.165, 1.54) is 86.4 Å². The zero-order chi connectivity index (χ0) is 35.8. The SMILES string of the molecule is C1=C(c2ccc(-c3ccc(-c4ccc5ccc6cccnc6c5n4)cc3)c3ccccc23)[SH]=C(c2ccccc2)[SH]=C1c1ccc(-c2ccccc2)cc1. The number of nitrogens with zero attached hydrogens (tertiary/aromatic N) is 2. The molecule has 0 amide bonds. The minimum atomic E-state index is 0.935. The molecule has 0 saturated heterocycles. The van der Waals surface area contributed by atoms with Crippen LogP contribution in [0.4, 0.5) is 0 Å². The first-order valence-corrected chi connectivity index (χ1v) is 19.9. The third-order valence-electron chi connectivity index (χ3n) is 10.2. The van der Waals surface area contributed by atoms with Crippen molar-refractivity contribution >= 4 is 69.2 Å². The van der Waals surface area contributed by atoms with E-state index in [-0.39, 0.29) is 0 Å². The van der Waals surface area contributed by atoms with Gasteiger partial charge < -0.3 is 0 Å². The van der Waals surface area contributed by atoms with E-state index in [0.29, 0.717) is 0 Å². The fourth-order valence-corrected chi connectivity index (χ4v) is 10.3. The highest BCUT2D eigenvalue weighted by Crippen LogP contribution is 2.40. The number of hydrogen-bond donors (Lipinski definition) is 2. The summed E-state index contributed by atoms with van der Waals surface area (Å²) in [6.07, 6.45) is 4.27. The van der Waals surface area contributed by atoms with E-state index >= 15 is 0 Å². The second-order valence-electron chi connectivity index (χ2n) is 13.5. The van der Waals surface area contributed by atoms with Gasteiger partial charge in [-0.25, -0.2) is 4.98 Å². The Kier molecular flexibility index (Phi) is 8.40. The molecule has 2 aromatic heterocycles. The van der Waals surface area contributed by atoms with Gasteiger partial charge in [0.1, 0.15) is 0 Å². The van der Waals surface area contributed by atoms with Crippen LogP contribution in [-0.2, 0) is 0 Å². The van der Waals surface area contributed by atoms with Gasteiger partial charge in [0.2, 0.25) is 0 Å². The summed E-state index contributed by atoms with van der Waals surface area (Å²) in [7, 11) is 0. The lowest BCUT2D eigenvalue weighted by atomic mass is 9.93. The number of aromatic nitrogens is 2. The monoisotopic (exact) mass is 726 g/mol. The van der Waals surface area contributed by atoms with Crippen molar-refractivity contribution in [3.05, 3.63) is 211 Å². The molecule has 9 aromatic rings. The van der Waals surface area contributed by atoms with Gasteiger partial charge in [0, 0.05) is 36.5 Å². The van der Waals surface area contributed by atoms with E-state index in [0.717, 1.165) is 33.1 Å². The normalized spacial score (nSPS) is 13.1. The molecule has 0 N–H and O–H groups in total. The standard InChI is InChI=1S/C50H34N2S2/c1-3-10-33(11-4-1)34-17-23-37(24-18-34)46-32-47(54-50(53-46)40-12-5-2-6-13-40)44-29-28-41(42-15-7-8-16-43(42)44)35-19-21-36(22-20-35)45-30-27-39-26-25-38-14-9-31-51-48(38)49(39)52-45/h1-32,53-54H. The molecule has 256 valence electrons. The summed E-state index contributed by atoms with van der Waals surface area (Å²) >= 11 is 2.47. The van der Waals surface area contributed by atoms with Crippen LogP contribution in [0.1, 0.15) is 16.7 Å². The summed E-state index contributed by atoms with van der Waals surface area (Å²) in [6.45, 7) is 0. The maximum atomic E-state index is 5.09. The van der Waals surface area contributed by atoms with Gasteiger partial charge in [-0.3, -0.25) is 4.98 Å². The van der Waals surface area contributed by atoms with Crippen molar-refractivity contribution in [1.29, 1.82) is 0 Å². The van der Waals surface area contributed by atoms with Crippen LogP contribution in [0.5, 0.6) is 0 Å². The van der Waals surface area contributed by atoms with Crippen molar-refractivity contribution in [2.75, 3.05) is 0 Å². The fourth-order valence-electron chi connectivity index (χ4n) is 7.39. The van der Waals surface area contributed by atoms with Crippen molar-refractivity contribution in [2.45, 2.75) is 0 Å². The summed E-state index contributed by atoms with van der Waals surface area (Å²) in [6, 6.07) is 65.4. The Hall–Kier alpha value is -6.20. The third kappa shape index (κ3) is 6.10. The Balaban J connectivity index is 1.03. The Morgan fingerprint density at radius 1 is 0.370 bits per heavy atom. The van der Waals surface area contributed by atoms with Crippen molar-refractivity contribution < 1.29 is 0 Å². The molecule has 2 nitrogen and oxygen atoms in total. The topological polar surface area (TPSA) is 25.8 Å². The number of fused-ring (bicyclic) bond motifs is 4. The molecule has 0 spiro atoms. The van der Waals surface area contributed by atoms with E-state index in [4.69, 9.17) is 4.98 Å². The second kappa shape index (κ2) is 14.0. The summed E-state index contributed by atoms with van der Waals surface area (Å²) in [5.74, 6) is 0. The molecule has 4 heteroatoms. The quantitative estimate of drug-likeness (QED) is 0.101. The average Bonchev–Trinajstić information content (AvgIpc) is 3.26. The molecule has 1 aliphatic rings. The number of rotatable bonds is 6. The molecule has 7 aromatic carbocycles. The molecular weight excluding hydrogens is 693 g/mol. The minimum Gasteiger partial charge on any atom is -0.254 e. The average molecular weight is 727 g/mol. The first kappa shape index (κ1) is 32.5. The van der Waals surface area contributed by atoms with Gasteiger partial charge in [0.05, 0.1) is 16.7 Å². The van der Waals surface area contributed by atoms with Crippen LogP contribution in [0.3, 0.4) is 0 Å². The zero-order valence-corrected chi connectivity index (χ0v) is 31.1. The van der Waals surface area contributed by atoms with E-state index < -0.39 is 0 Å². The highest BCUT2D eigenvalue weighted by molar-refractivity contribution is 8.30. The van der Waals surface area contributed by atoms with Gasteiger partial charge in [0.25, 0.3) is 0 Å². The van der Waals surface area contributed by atoms with Crippen molar-refractivity contribution in [2.24, 2.45) is 0 Å². The molecule has 0 atom stereocenters. The number of benzene rings is 7. The largest absolute Gasteiger partial charge is 0.254 e. The molecule has 54 heavy (non-hydrogen) atoms. The summed E-state index contributed by atoms with van der Waals surface area (Å²) in [5.41, 5.74) is 12.6. The van der Waals surface area contributed by atoms with E-state index in [9.17, 15) is 0 Å². The van der Waals surface area contributed by atoms with Crippen molar-refractivity contribution in [3.8, 4) is 33.5 Å². The van der Waals surface area contributed by atoms with Crippen LogP contribution in [0.15, 0.2) is 194 Å². The Morgan fingerprint density at radius 2 is 0.944 bits per heavy atom. The second-order valence-corrected chi connectivity index (χ2v) is 16.1. The molecule has 1 aliphatic heterocycles. The van der Waals surface area contributed by atoms with Crippen LogP contribution < -0.4 is 0 Å². The molecule has 3 heterocycles. The zero-order valence-electron chi connectivity index (χ0n) is 29.3. The molecule has 0 fully saturated rings. The summed E-state index contributed by atoms with van der Waals surface area (Å²) in [5, 5.41) is 4.71. The van der Waals surface area contributed by atoms with Crippen molar-refractivity contribution in [1.82, 2.24) is 9.97 Å². The number of allylic oxidation sites excluding steroid dienone is 1. The molecular formula is C50H34N2S2. The molecule has 0 radical (unpaired) electrons. The van der Waals surface area contributed by atoms with Crippen LogP contribution in [0, 0.1) is 0 Å². The van der Waals surface area contributed by atoms with Crippen LogP contribution in [0.2, 0.25) is 0 Å². The smallest absolute Gasteiger partial charge is 0.0972 e. The van der Waals surface area contributed by atoms with E-state index in [2.05, 4.69) is 187 Å². The van der Waals surface area contributed by atoms with E-state index in [1.807, 2.05) is 12.3 Å². The van der Waals surface area contributed by atoms with Crippen molar-refractivity contribution in [3.63, 3.8) is 0 Å². The summed E-state index contributed by atoms with van der Waals surface area (Å²) < 4.78 is 1.39. The minimum absolute atomic E-state index is 0.935. The molecule has 0 unspecified atom stereocenters. The van der Waals surface area contributed by atoms with Gasteiger partial charge in [-0.15, -0.1) is 0 Å². The number of pyridine rings is 2. The van der Waals surface area contributed by atoms with Crippen LogP contribution >= 0.6 is 22.7 Å². The number of thiol groups is 2. The maximum absolute atomic E-state index is 5.09. The summed E-state index contributed by atoms with van der Waals surface area (Å²) in [4.78, 5) is 12.4.